The van der Waals surface area contributed by atoms with Gasteiger partial charge in [-0.1, -0.05) is 12.2 Å². The topological polar surface area (TPSA) is 122 Å². The Morgan fingerprint density at radius 3 is 2.82 bits per heavy atom. The Hall–Kier alpha value is -1.17. The van der Waals surface area contributed by atoms with Crippen molar-refractivity contribution in [1.82, 2.24) is 15.5 Å². The van der Waals surface area contributed by atoms with Crippen LogP contribution in [-0.4, -0.2) is 87.4 Å². The van der Waals surface area contributed by atoms with E-state index in [0.29, 0.717) is 16.5 Å². The van der Waals surface area contributed by atoms with E-state index in [0.717, 1.165) is 0 Å². The monoisotopic (exact) mass is 329 g/mol. The summed E-state index contributed by atoms with van der Waals surface area (Å²) < 4.78 is 5.54. The number of aliphatic hydroxyl groups is 3. The Morgan fingerprint density at radius 2 is 2.23 bits per heavy atom. The largest absolute Gasteiger partial charge is 0.394 e. The molecule has 3 aliphatic rings. The van der Waals surface area contributed by atoms with Crippen LogP contribution in [0.25, 0.3) is 0 Å². The highest BCUT2D eigenvalue weighted by atomic mass is 32.1. The molecule has 0 aromatic carbocycles. The first-order valence-electron chi connectivity index (χ1n) is 6.95. The molecule has 0 saturated carbocycles. The fourth-order valence-corrected chi connectivity index (χ4v) is 3.04. The molecule has 0 radical (unpaired) electrons. The predicted octanol–water partition coefficient (Wildman–Crippen LogP) is -2.64. The van der Waals surface area contributed by atoms with Gasteiger partial charge in [-0.05, 0) is 14.0 Å². The van der Waals surface area contributed by atoms with E-state index in [4.69, 9.17) is 17.0 Å². The smallest absolute Gasteiger partial charge is 0.184 e. The first-order chi connectivity index (χ1) is 10.4. The molecule has 0 amide bonds. The summed E-state index contributed by atoms with van der Waals surface area (Å²) in [6.07, 6.45) is -4.01. The van der Waals surface area contributed by atoms with Gasteiger partial charge >= 0.3 is 0 Å². The lowest BCUT2D eigenvalue weighted by atomic mass is 10.1. The first-order valence-corrected chi connectivity index (χ1v) is 7.36. The third-order valence-corrected chi connectivity index (χ3v) is 4.37. The van der Waals surface area contributed by atoms with Crippen LogP contribution in [0.1, 0.15) is 6.92 Å². The minimum Gasteiger partial charge on any atom is -0.394 e. The second kappa shape index (κ2) is 5.48. The van der Waals surface area contributed by atoms with Crippen LogP contribution in [0.4, 0.5) is 0 Å². The molecule has 9 nitrogen and oxygen atoms in total. The molecule has 3 heterocycles. The molecule has 3 rings (SSSR count). The van der Waals surface area contributed by atoms with E-state index in [1.165, 1.54) is 0 Å². The number of hydrogen-bond acceptors (Lipinski definition) is 9. The number of amidine groups is 1. The summed E-state index contributed by atoms with van der Waals surface area (Å²) in [6.45, 7) is 1.65. The quantitative estimate of drug-likeness (QED) is 0.356. The SMILES string of the molecule is CNC1(C)N=C2C(=NCN2[C@@H]2O[C@H](CO)[C@@H](O)[C@H]2O)C(=S)N1. The van der Waals surface area contributed by atoms with Crippen molar-refractivity contribution in [2.75, 3.05) is 20.3 Å². The fraction of sp³-hybridized carbons (Fsp3) is 0.750. The van der Waals surface area contributed by atoms with Crippen LogP contribution in [0.15, 0.2) is 9.98 Å². The van der Waals surface area contributed by atoms with E-state index in [1.807, 2.05) is 6.92 Å². The number of rotatable bonds is 3. The molecule has 10 heteroatoms. The molecule has 22 heavy (non-hydrogen) atoms. The summed E-state index contributed by atoms with van der Waals surface area (Å²) in [6, 6.07) is 0. The van der Waals surface area contributed by atoms with Gasteiger partial charge in [0.05, 0.1) is 6.61 Å². The van der Waals surface area contributed by atoms with E-state index in [1.54, 1.807) is 11.9 Å². The first kappa shape index (κ1) is 15.7. The van der Waals surface area contributed by atoms with Gasteiger partial charge in [-0.15, -0.1) is 0 Å². The maximum Gasteiger partial charge on any atom is 0.184 e. The Balaban J connectivity index is 1.90. The fourth-order valence-electron chi connectivity index (χ4n) is 2.69. The summed E-state index contributed by atoms with van der Waals surface area (Å²) in [5.41, 5.74) is 0.528. The molecule has 1 unspecified atom stereocenters. The summed E-state index contributed by atoms with van der Waals surface area (Å²) >= 11 is 5.30. The second-order valence-corrected chi connectivity index (χ2v) is 5.97. The molecule has 0 bridgehead atoms. The van der Waals surface area contributed by atoms with Crippen LogP contribution in [0.3, 0.4) is 0 Å². The molecule has 5 N–H and O–H groups in total. The van der Waals surface area contributed by atoms with Gasteiger partial charge in [0.1, 0.15) is 35.7 Å². The second-order valence-electron chi connectivity index (χ2n) is 5.56. The molecule has 3 aliphatic heterocycles. The number of fused-ring (bicyclic) bond motifs is 1. The molecule has 5 atom stereocenters. The molecule has 122 valence electrons. The minimum atomic E-state index is -1.17. The van der Waals surface area contributed by atoms with Crippen molar-refractivity contribution in [3.8, 4) is 0 Å². The highest BCUT2D eigenvalue weighted by Crippen LogP contribution is 2.28. The molecular weight excluding hydrogens is 310 g/mol. The summed E-state index contributed by atoms with van der Waals surface area (Å²) in [7, 11) is 1.74. The maximum atomic E-state index is 10.2. The zero-order chi connectivity index (χ0) is 16.1. The normalized spacial score (nSPS) is 41.1. The Bertz CT molecular complexity index is 556. The van der Waals surface area contributed by atoms with Gasteiger partial charge in [-0.2, -0.15) is 0 Å². The van der Waals surface area contributed by atoms with Crippen LogP contribution >= 0.6 is 12.2 Å². The van der Waals surface area contributed by atoms with E-state index in [2.05, 4.69) is 20.6 Å². The van der Waals surface area contributed by atoms with Crippen molar-refractivity contribution in [3.63, 3.8) is 0 Å². The third kappa shape index (κ3) is 2.32. The molecule has 1 saturated heterocycles. The Kier molecular flexibility index (Phi) is 3.91. The van der Waals surface area contributed by atoms with E-state index < -0.39 is 30.3 Å². The van der Waals surface area contributed by atoms with Gasteiger partial charge in [0.15, 0.2) is 17.9 Å². The standard InChI is InChI=1S/C12H19N5O4S/c1-12(13-2)15-9-6(10(22)16-12)14-4-17(9)11-8(20)7(19)5(3-18)21-11/h5,7-8,11,13,18-20H,3-4H2,1-2H3,(H,16,22)/t5-,7-,8-,11-,12?/m1/s1. The van der Waals surface area contributed by atoms with Gasteiger partial charge in [-0.3, -0.25) is 10.3 Å². The molecule has 0 spiro atoms. The number of aliphatic hydroxyl groups excluding tert-OH is 3. The minimum absolute atomic E-state index is 0.211. The van der Waals surface area contributed by atoms with E-state index >= 15 is 0 Å². The van der Waals surface area contributed by atoms with Gasteiger partial charge in [0.25, 0.3) is 0 Å². The molecule has 0 aromatic rings. The number of hydrogen-bond donors (Lipinski definition) is 5. The third-order valence-electron chi connectivity index (χ3n) is 4.08. The average molecular weight is 329 g/mol. The molecule has 0 aliphatic carbocycles. The number of nitrogens with zero attached hydrogens (tertiary/aromatic N) is 3. The van der Waals surface area contributed by atoms with E-state index in [-0.39, 0.29) is 13.3 Å². The average Bonchev–Trinajstić information content (AvgIpc) is 3.02. The molecular formula is C12H19N5O4S. The van der Waals surface area contributed by atoms with Crippen molar-refractivity contribution < 1.29 is 20.1 Å². The van der Waals surface area contributed by atoms with Crippen molar-refractivity contribution in [3.05, 3.63) is 0 Å². The highest BCUT2D eigenvalue weighted by Gasteiger charge is 2.49. The molecule has 1 fully saturated rings. The summed E-state index contributed by atoms with van der Waals surface area (Å²) in [4.78, 5) is 11.0. The number of thiocarbonyl (C=S) groups is 1. The predicted molar refractivity (Wildman–Crippen MR) is 82.5 cm³/mol. The van der Waals surface area contributed by atoms with Gasteiger partial charge in [-0.25, -0.2) is 4.99 Å². The zero-order valence-electron chi connectivity index (χ0n) is 12.2. The van der Waals surface area contributed by atoms with Crippen molar-refractivity contribution in [1.29, 1.82) is 0 Å². The number of nitrogens with one attached hydrogen (secondary N) is 2. The van der Waals surface area contributed by atoms with E-state index in [9.17, 15) is 15.3 Å². The van der Waals surface area contributed by atoms with Crippen molar-refractivity contribution >= 4 is 28.8 Å². The highest BCUT2D eigenvalue weighted by molar-refractivity contribution is 7.82. The van der Waals surface area contributed by atoms with Crippen LogP contribution in [0, 0.1) is 0 Å². The number of ether oxygens (including phenoxy) is 1. The van der Waals surface area contributed by atoms with Crippen LogP contribution in [-0.2, 0) is 4.74 Å². The van der Waals surface area contributed by atoms with Crippen LogP contribution in [0.2, 0.25) is 0 Å². The Morgan fingerprint density at radius 1 is 1.50 bits per heavy atom. The Labute approximate surface area is 132 Å². The summed E-state index contributed by atoms with van der Waals surface area (Å²) in [5.74, 6) is -0.289. The lowest BCUT2D eigenvalue weighted by Gasteiger charge is -2.35. The van der Waals surface area contributed by atoms with Crippen molar-refractivity contribution in [2.45, 2.75) is 37.3 Å². The molecule has 0 aromatic heterocycles. The van der Waals surface area contributed by atoms with Gasteiger partial charge in [0.2, 0.25) is 0 Å². The van der Waals surface area contributed by atoms with Crippen molar-refractivity contribution in [2.24, 2.45) is 9.98 Å². The summed E-state index contributed by atoms with van der Waals surface area (Å²) in [5, 5.41) is 35.3. The van der Waals surface area contributed by atoms with Crippen LogP contribution < -0.4 is 10.6 Å². The van der Waals surface area contributed by atoms with Gasteiger partial charge < -0.3 is 30.3 Å². The number of aliphatic imine (C=N–C) groups is 2. The van der Waals surface area contributed by atoms with Crippen LogP contribution in [0.5, 0.6) is 0 Å². The zero-order valence-corrected chi connectivity index (χ0v) is 13.0. The van der Waals surface area contributed by atoms with Gasteiger partial charge in [0, 0.05) is 0 Å². The lowest BCUT2D eigenvalue weighted by molar-refractivity contribution is -0.0691. The maximum absolute atomic E-state index is 10.2. The lowest BCUT2D eigenvalue weighted by Crippen LogP contribution is -2.62.